The van der Waals surface area contributed by atoms with Gasteiger partial charge in [0.15, 0.2) is 0 Å². The second-order valence-corrected chi connectivity index (χ2v) is 7.57. The van der Waals surface area contributed by atoms with E-state index in [-0.39, 0.29) is 11.4 Å². The molecule has 0 aromatic carbocycles. The highest BCUT2D eigenvalue weighted by atomic mass is 32.2. The molecular weight excluding hydrogens is 359 g/mol. The molecular formula is C14H14F3N5O2S. The number of aromatic nitrogens is 4. The van der Waals surface area contributed by atoms with Gasteiger partial charge in [-0.3, -0.25) is 4.40 Å². The number of aryl methyl sites for hydroxylation is 1. The van der Waals surface area contributed by atoms with Crippen molar-refractivity contribution in [2.24, 2.45) is 4.36 Å². The van der Waals surface area contributed by atoms with Crippen LogP contribution in [0.15, 0.2) is 32.2 Å². The van der Waals surface area contributed by atoms with Crippen LogP contribution in [0.1, 0.15) is 18.5 Å². The first-order chi connectivity index (χ1) is 11.6. The van der Waals surface area contributed by atoms with Crippen molar-refractivity contribution >= 4 is 15.4 Å². The summed E-state index contributed by atoms with van der Waals surface area (Å²) in [7, 11) is -2.71. The minimum atomic E-state index is -4.72. The Morgan fingerprint density at radius 1 is 1.32 bits per heavy atom. The first-order valence-electron chi connectivity index (χ1n) is 7.21. The maximum absolute atomic E-state index is 12.8. The normalized spacial score (nSPS) is 14.6. The van der Waals surface area contributed by atoms with Gasteiger partial charge in [0.05, 0.1) is 15.4 Å². The topological polar surface area (TPSA) is 85.6 Å². The molecule has 0 saturated carbocycles. The van der Waals surface area contributed by atoms with Crippen molar-refractivity contribution in [3.05, 3.63) is 29.9 Å². The summed E-state index contributed by atoms with van der Waals surface area (Å²) in [6.45, 7) is 3.83. The quantitative estimate of drug-likeness (QED) is 0.704. The highest BCUT2D eigenvalue weighted by molar-refractivity contribution is 7.92. The average molecular weight is 373 g/mol. The number of rotatable bonds is 3. The zero-order valence-electron chi connectivity index (χ0n) is 13.5. The molecule has 11 heteroatoms. The Kier molecular flexibility index (Phi) is 4.06. The van der Waals surface area contributed by atoms with Gasteiger partial charge < -0.3 is 4.52 Å². The number of pyridine rings is 1. The van der Waals surface area contributed by atoms with Crippen LogP contribution in [-0.2, 0) is 15.9 Å². The summed E-state index contributed by atoms with van der Waals surface area (Å²) < 4.78 is 60.6. The van der Waals surface area contributed by atoms with E-state index in [4.69, 9.17) is 0 Å². The summed E-state index contributed by atoms with van der Waals surface area (Å²) in [6, 6.07) is 3.10. The molecule has 1 atom stereocenters. The number of hydrogen-bond donors (Lipinski definition) is 0. The lowest BCUT2D eigenvalue weighted by Crippen LogP contribution is -2.05. The van der Waals surface area contributed by atoms with Crippen LogP contribution in [0.4, 0.5) is 13.2 Å². The number of nitrogens with zero attached hydrogens (tertiary/aromatic N) is 5. The van der Waals surface area contributed by atoms with E-state index in [0.717, 1.165) is 0 Å². The molecule has 0 fully saturated rings. The van der Waals surface area contributed by atoms with Crippen LogP contribution in [0, 0.1) is 6.92 Å². The Labute approximate surface area is 141 Å². The third kappa shape index (κ3) is 3.11. The molecule has 7 nitrogen and oxygen atoms in total. The summed E-state index contributed by atoms with van der Waals surface area (Å²) in [5, 5.41) is 3.75. The van der Waals surface area contributed by atoms with Gasteiger partial charge in [0.1, 0.15) is 10.7 Å². The van der Waals surface area contributed by atoms with Gasteiger partial charge >= 0.3 is 12.1 Å². The van der Waals surface area contributed by atoms with Crippen molar-refractivity contribution in [3.63, 3.8) is 0 Å². The Morgan fingerprint density at radius 3 is 2.64 bits per heavy atom. The number of alkyl halides is 3. The van der Waals surface area contributed by atoms with Gasteiger partial charge in [0.25, 0.3) is 0 Å². The van der Waals surface area contributed by atoms with Crippen molar-refractivity contribution in [1.82, 2.24) is 19.5 Å². The fourth-order valence-corrected chi connectivity index (χ4v) is 4.21. The molecule has 25 heavy (non-hydrogen) atoms. The fraction of sp³-hybridized carbons (Fsp3) is 0.357. The zero-order chi connectivity index (χ0) is 18.4. The van der Waals surface area contributed by atoms with Crippen LogP contribution in [0.5, 0.6) is 0 Å². The van der Waals surface area contributed by atoms with Crippen molar-refractivity contribution in [3.8, 4) is 11.4 Å². The molecule has 0 aliphatic carbocycles. The van der Waals surface area contributed by atoms with Gasteiger partial charge in [-0.25, -0.2) is 13.6 Å². The molecule has 134 valence electrons. The molecule has 0 saturated heterocycles. The van der Waals surface area contributed by atoms with Crippen LogP contribution in [0.3, 0.4) is 0 Å². The highest BCUT2D eigenvalue weighted by Gasteiger charge is 2.38. The Morgan fingerprint density at radius 2 is 2.04 bits per heavy atom. The van der Waals surface area contributed by atoms with E-state index in [9.17, 15) is 17.4 Å². The summed E-state index contributed by atoms with van der Waals surface area (Å²) in [5.74, 6) is -1.65. The van der Waals surface area contributed by atoms with Gasteiger partial charge in [-0.1, -0.05) is 5.16 Å². The minimum absolute atomic E-state index is 0.221. The van der Waals surface area contributed by atoms with E-state index in [1.165, 1.54) is 22.9 Å². The minimum Gasteiger partial charge on any atom is -0.329 e. The van der Waals surface area contributed by atoms with E-state index in [1.54, 1.807) is 19.9 Å². The highest BCUT2D eigenvalue weighted by Crippen LogP contribution is 2.30. The largest absolute Gasteiger partial charge is 0.471 e. The van der Waals surface area contributed by atoms with Crippen molar-refractivity contribution in [2.45, 2.75) is 25.0 Å². The van der Waals surface area contributed by atoms with Crippen LogP contribution < -0.4 is 0 Å². The smallest absolute Gasteiger partial charge is 0.329 e. The van der Waals surface area contributed by atoms with Gasteiger partial charge in [0.2, 0.25) is 5.82 Å². The molecule has 0 radical (unpaired) electrons. The van der Waals surface area contributed by atoms with Crippen LogP contribution in [0.25, 0.3) is 17.0 Å². The van der Waals surface area contributed by atoms with E-state index in [1.807, 2.05) is 0 Å². The zero-order valence-corrected chi connectivity index (χ0v) is 14.4. The standard InChI is InChI=1S/C14H14F3N5O2S/c1-4-18-25(3,23)12-8(2)19-10-6-5-9(7-22(10)12)11-20-13(24-21-11)14(15,16)17/h5-7H,4H2,1-3H3. The van der Waals surface area contributed by atoms with Gasteiger partial charge in [-0.15, -0.1) is 0 Å². The maximum atomic E-state index is 12.8. The van der Waals surface area contributed by atoms with Crippen LogP contribution in [-0.4, -0.2) is 36.5 Å². The monoisotopic (exact) mass is 373 g/mol. The lowest BCUT2D eigenvalue weighted by molar-refractivity contribution is -0.159. The lowest BCUT2D eigenvalue weighted by atomic mass is 10.3. The summed E-state index contributed by atoms with van der Waals surface area (Å²) in [4.78, 5) is 7.68. The van der Waals surface area contributed by atoms with Gasteiger partial charge in [0, 0.05) is 24.6 Å². The molecule has 0 amide bonds. The molecule has 1 unspecified atom stereocenters. The van der Waals surface area contributed by atoms with E-state index in [0.29, 0.717) is 22.9 Å². The molecule has 3 heterocycles. The summed E-state index contributed by atoms with van der Waals surface area (Å²) in [5.41, 5.74) is 1.31. The predicted molar refractivity (Wildman–Crippen MR) is 83.5 cm³/mol. The summed E-state index contributed by atoms with van der Waals surface area (Å²) >= 11 is 0. The predicted octanol–water partition coefficient (Wildman–Crippen LogP) is 3.19. The second kappa shape index (κ2) is 5.83. The van der Waals surface area contributed by atoms with E-state index >= 15 is 0 Å². The van der Waals surface area contributed by atoms with E-state index in [2.05, 4.69) is 24.0 Å². The number of hydrogen-bond acceptors (Lipinski definition) is 6. The number of imidazole rings is 1. The fourth-order valence-electron chi connectivity index (χ4n) is 2.49. The Bertz CT molecular complexity index is 1060. The summed E-state index contributed by atoms with van der Waals surface area (Å²) in [6.07, 6.45) is -1.75. The van der Waals surface area contributed by atoms with Crippen LogP contribution in [0.2, 0.25) is 0 Å². The molecule has 0 spiro atoms. The van der Waals surface area contributed by atoms with Crippen molar-refractivity contribution < 1.29 is 21.9 Å². The maximum Gasteiger partial charge on any atom is 0.471 e. The molecule has 0 bridgehead atoms. The number of fused-ring (bicyclic) bond motifs is 1. The molecule has 0 N–H and O–H groups in total. The Balaban J connectivity index is 2.19. The third-order valence-corrected chi connectivity index (χ3v) is 5.36. The lowest BCUT2D eigenvalue weighted by Gasteiger charge is -2.06. The third-order valence-electron chi connectivity index (χ3n) is 3.40. The first-order valence-corrected chi connectivity index (χ1v) is 9.13. The molecule has 3 rings (SSSR count). The van der Waals surface area contributed by atoms with E-state index < -0.39 is 21.8 Å². The van der Waals surface area contributed by atoms with Crippen molar-refractivity contribution in [2.75, 3.05) is 12.8 Å². The molecule has 0 aliphatic heterocycles. The van der Waals surface area contributed by atoms with Gasteiger partial charge in [-0.2, -0.15) is 18.2 Å². The molecule has 3 aromatic rings. The number of halogens is 3. The second-order valence-electron chi connectivity index (χ2n) is 5.32. The first kappa shape index (κ1) is 17.4. The average Bonchev–Trinajstić information content (AvgIpc) is 3.09. The van der Waals surface area contributed by atoms with Gasteiger partial charge in [-0.05, 0) is 26.0 Å². The SMILES string of the molecule is CCN=S(C)(=O)c1c(C)nc2ccc(-c3noc(C(F)(F)F)n3)cn12. The molecule has 3 aromatic heterocycles. The Hall–Kier alpha value is -2.43. The van der Waals surface area contributed by atoms with Crippen LogP contribution >= 0.6 is 0 Å². The molecule has 0 aliphatic rings. The van der Waals surface area contributed by atoms with Crippen molar-refractivity contribution in [1.29, 1.82) is 0 Å².